The van der Waals surface area contributed by atoms with Crippen LogP contribution in [0.5, 0.6) is 0 Å². The Kier molecular flexibility index (Phi) is 6.10. The van der Waals surface area contributed by atoms with E-state index in [1.807, 2.05) is 0 Å². The van der Waals surface area contributed by atoms with Gasteiger partial charge in [-0.1, -0.05) is 0 Å². The molecule has 0 bridgehead atoms. The van der Waals surface area contributed by atoms with E-state index in [2.05, 4.69) is 15.6 Å². The van der Waals surface area contributed by atoms with E-state index in [4.69, 9.17) is 4.74 Å². The number of hydrogen-bond donors (Lipinski definition) is 3. The molecular formula is C23H22N6O6. The summed E-state index contributed by atoms with van der Waals surface area (Å²) in [6.07, 6.45) is 3.17. The molecule has 0 atom stereocenters. The lowest BCUT2D eigenvalue weighted by Crippen LogP contribution is -2.15. The number of aromatic amines is 1. The van der Waals surface area contributed by atoms with Crippen LogP contribution in [0.25, 0.3) is 10.9 Å². The molecule has 2 amide bonds. The number of amides is 2. The maximum Gasteiger partial charge on any atom is 0.355 e. The van der Waals surface area contributed by atoms with Crippen molar-refractivity contribution in [3.05, 3.63) is 76.0 Å². The van der Waals surface area contributed by atoms with Crippen LogP contribution in [0.15, 0.2) is 48.8 Å². The third-order valence-corrected chi connectivity index (χ3v) is 5.30. The van der Waals surface area contributed by atoms with Crippen molar-refractivity contribution >= 4 is 45.7 Å². The van der Waals surface area contributed by atoms with Gasteiger partial charge >= 0.3 is 5.97 Å². The molecule has 0 aliphatic rings. The van der Waals surface area contributed by atoms with Crippen molar-refractivity contribution in [2.45, 2.75) is 6.92 Å². The second-order valence-electron chi connectivity index (χ2n) is 7.79. The highest BCUT2D eigenvalue weighted by Gasteiger charge is 2.18. The Morgan fingerprint density at radius 3 is 2.26 bits per heavy atom. The van der Waals surface area contributed by atoms with Crippen molar-refractivity contribution in [1.82, 2.24) is 14.1 Å². The first-order valence-electron chi connectivity index (χ1n) is 10.6. The first kappa shape index (κ1) is 23.3. The Balaban J connectivity index is 1.47. The Bertz CT molecular complexity index is 1480. The average Bonchev–Trinajstić information content (AvgIpc) is 3.49. The summed E-state index contributed by atoms with van der Waals surface area (Å²) in [4.78, 5) is 50.8. The van der Waals surface area contributed by atoms with E-state index in [0.717, 1.165) is 0 Å². The molecule has 4 aromatic rings. The number of esters is 1. The fraction of sp³-hybridized carbons (Fsp3) is 0.174. The smallest absolute Gasteiger partial charge is 0.355 e. The van der Waals surface area contributed by atoms with Crippen LogP contribution in [-0.2, 0) is 18.8 Å². The van der Waals surface area contributed by atoms with Crippen molar-refractivity contribution in [3.8, 4) is 0 Å². The normalized spacial score (nSPS) is 10.8. The highest BCUT2D eigenvalue weighted by atomic mass is 16.6. The Hall–Kier alpha value is -4.87. The molecule has 12 nitrogen and oxygen atoms in total. The zero-order chi connectivity index (χ0) is 25.3. The van der Waals surface area contributed by atoms with Gasteiger partial charge in [-0.15, -0.1) is 0 Å². The molecule has 0 saturated heterocycles. The average molecular weight is 478 g/mol. The molecule has 0 radical (unpaired) electrons. The Labute approximate surface area is 198 Å². The quantitative estimate of drug-likeness (QED) is 0.210. The molecule has 12 heteroatoms. The molecule has 35 heavy (non-hydrogen) atoms. The number of benzene rings is 1. The minimum absolute atomic E-state index is 0.0854. The minimum atomic E-state index is -0.510. The lowest BCUT2D eigenvalue weighted by Gasteiger charge is -2.03. The number of carbonyl (C=O) groups is 3. The van der Waals surface area contributed by atoms with Crippen LogP contribution in [0.2, 0.25) is 0 Å². The number of H-pyrrole nitrogens is 1. The van der Waals surface area contributed by atoms with Gasteiger partial charge in [-0.05, 0) is 31.2 Å². The van der Waals surface area contributed by atoms with Crippen molar-refractivity contribution in [3.63, 3.8) is 0 Å². The number of rotatable bonds is 7. The minimum Gasteiger partial charge on any atom is -0.461 e. The van der Waals surface area contributed by atoms with Crippen LogP contribution in [0.3, 0.4) is 0 Å². The molecule has 0 fully saturated rings. The van der Waals surface area contributed by atoms with Crippen molar-refractivity contribution in [2.75, 3.05) is 17.2 Å². The number of ether oxygens (including phenoxy) is 1. The molecule has 180 valence electrons. The zero-order valence-electron chi connectivity index (χ0n) is 19.1. The number of anilines is 2. The summed E-state index contributed by atoms with van der Waals surface area (Å²) < 4.78 is 8.10. The van der Waals surface area contributed by atoms with Gasteiger partial charge in [-0.2, -0.15) is 0 Å². The third-order valence-electron chi connectivity index (χ3n) is 5.30. The fourth-order valence-corrected chi connectivity index (χ4v) is 3.64. The largest absolute Gasteiger partial charge is 0.461 e. The SMILES string of the molecule is CCOC(=O)c1cc(NC(=O)c2cc(NC(=O)c3cc4ccc([N+](=O)[O-])cc4[nH]3)cn2C)cn1C. The molecule has 0 spiro atoms. The summed E-state index contributed by atoms with van der Waals surface area (Å²) in [5.74, 6) is -1.40. The van der Waals surface area contributed by atoms with Gasteiger partial charge in [0.2, 0.25) is 0 Å². The predicted octanol–water partition coefficient (Wildman–Crippen LogP) is 3.43. The molecule has 0 saturated carbocycles. The van der Waals surface area contributed by atoms with Gasteiger partial charge in [0.25, 0.3) is 17.5 Å². The number of hydrogen-bond acceptors (Lipinski definition) is 6. The van der Waals surface area contributed by atoms with Gasteiger partial charge in [0.15, 0.2) is 0 Å². The summed E-state index contributed by atoms with van der Waals surface area (Å²) in [6.45, 7) is 1.95. The lowest BCUT2D eigenvalue weighted by atomic mass is 10.2. The maximum absolute atomic E-state index is 12.8. The van der Waals surface area contributed by atoms with Crippen molar-refractivity contribution < 1.29 is 24.0 Å². The third kappa shape index (κ3) is 4.76. The number of fused-ring (bicyclic) bond motifs is 1. The van der Waals surface area contributed by atoms with Crippen molar-refractivity contribution in [1.29, 1.82) is 0 Å². The van der Waals surface area contributed by atoms with Crippen molar-refractivity contribution in [2.24, 2.45) is 14.1 Å². The van der Waals surface area contributed by atoms with E-state index in [0.29, 0.717) is 28.0 Å². The molecule has 3 aromatic heterocycles. The van der Waals surface area contributed by atoms with Gasteiger partial charge < -0.3 is 29.5 Å². The Morgan fingerprint density at radius 2 is 1.60 bits per heavy atom. The number of nitrogens with zero attached hydrogens (tertiary/aromatic N) is 3. The number of aromatic nitrogens is 3. The Morgan fingerprint density at radius 1 is 0.971 bits per heavy atom. The molecule has 0 aliphatic carbocycles. The summed E-state index contributed by atoms with van der Waals surface area (Å²) in [5.41, 5.74) is 1.96. The van der Waals surface area contributed by atoms with Gasteiger partial charge in [0.05, 0.1) is 28.4 Å². The molecule has 3 N–H and O–H groups in total. The molecule has 1 aromatic carbocycles. The highest BCUT2D eigenvalue weighted by molar-refractivity contribution is 6.08. The number of non-ortho nitro benzene ring substituents is 1. The van der Waals surface area contributed by atoms with E-state index < -0.39 is 22.7 Å². The number of nitro benzene ring substituents is 1. The van der Waals surface area contributed by atoms with Gasteiger partial charge in [-0.3, -0.25) is 19.7 Å². The van der Waals surface area contributed by atoms with E-state index in [1.165, 1.54) is 24.3 Å². The second kappa shape index (κ2) is 9.17. The van der Waals surface area contributed by atoms with E-state index in [1.54, 1.807) is 54.7 Å². The molecule has 4 rings (SSSR count). The van der Waals surface area contributed by atoms with E-state index in [9.17, 15) is 24.5 Å². The number of nitro groups is 1. The van der Waals surface area contributed by atoms with Gasteiger partial charge in [0.1, 0.15) is 17.1 Å². The second-order valence-corrected chi connectivity index (χ2v) is 7.79. The molecule has 0 aliphatic heterocycles. The van der Waals surface area contributed by atoms with Crippen LogP contribution in [-0.4, -0.2) is 43.4 Å². The molecule has 0 unspecified atom stereocenters. The standard InChI is InChI=1S/C23H22N6O6/c1-4-35-23(32)20-9-15(12-28(20)3)25-22(31)19-8-14(11-27(19)2)24-21(30)18-7-13-5-6-16(29(33)34)10-17(13)26-18/h5-12,26H,4H2,1-3H3,(H,24,30)(H,25,31). The van der Waals surface area contributed by atoms with Crippen LogP contribution in [0.1, 0.15) is 38.4 Å². The van der Waals surface area contributed by atoms with Gasteiger partial charge in [0, 0.05) is 44.0 Å². The van der Waals surface area contributed by atoms with Crippen LogP contribution < -0.4 is 10.6 Å². The van der Waals surface area contributed by atoms with Gasteiger partial charge in [-0.25, -0.2) is 4.79 Å². The topological polar surface area (TPSA) is 153 Å². The predicted molar refractivity (Wildman–Crippen MR) is 128 cm³/mol. The molecular weight excluding hydrogens is 456 g/mol. The highest BCUT2D eigenvalue weighted by Crippen LogP contribution is 2.23. The number of aryl methyl sites for hydroxylation is 2. The summed E-state index contributed by atoms with van der Waals surface area (Å²) >= 11 is 0. The first-order chi connectivity index (χ1) is 16.7. The monoisotopic (exact) mass is 478 g/mol. The zero-order valence-corrected chi connectivity index (χ0v) is 19.1. The number of carbonyl (C=O) groups excluding carboxylic acids is 3. The maximum atomic E-state index is 12.8. The van der Waals surface area contributed by atoms with Crippen LogP contribution >= 0.6 is 0 Å². The molecule has 3 heterocycles. The first-order valence-corrected chi connectivity index (χ1v) is 10.6. The lowest BCUT2D eigenvalue weighted by molar-refractivity contribution is -0.384. The summed E-state index contributed by atoms with van der Waals surface area (Å²) in [6, 6.07) is 8.89. The summed E-state index contributed by atoms with van der Waals surface area (Å²) in [5, 5.41) is 17.0. The summed E-state index contributed by atoms with van der Waals surface area (Å²) in [7, 11) is 3.32. The van der Waals surface area contributed by atoms with Crippen LogP contribution in [0, 0.1) is 10.1 Å². The van der Waals surface area contributed by atoms with E-state index >= 15 is 0 Å². The van der Waals surface area contributed by atoms with E-state index in [-0.39, 0.29) is 23.7 Å². The van der Waals surface area contributed by atoms with Crippen LogP contribution in [0.4, 0.5) is 17.1 Å². The fourth-order valence-electron chi connectivity index (χ4n) is 3.64. The number of nitrogens with one attached hydrogen (secondary N) is 3.